The maximum absolute atomic E-state index is 6.11. The Kier molecular flexibility index (Phi) is 6.96. The fourth-order valence-corrected chi connectivity index (χ4v) is 7.68. The van der Waals surface area contributed by atoms with Gasteiger partial charge in [-0.15, -0.1) is 0 Å². The van der Waals surface area contributed by atoms with Gasteiger partial charge in [0, 0.05) is 39.4 Å². The molecule has 52 heavy (non-hydrogen) atoms. The molecule has 6 nitrogen and oxygen atoms in total. The molecule has 2 aliphatic heterocycles. The zero-order valence-corrected chi connectivity index (χ0v) is 28.1. The van der Waals surface area contributed by atoms with Crippen molar-refractivity contribution in [3.8, 4) is 51.0 Å². The van der Waals surface area contributed by atoms with Gasteiger partial charge in [-0.25, -0.2) is 4.98 Å². The lowest BCUT2D eigenvalue weighted by Gasteiger charge is -2.29. The van der Waals surface area contributed by atoms with Gasteiger partial charge < -0.3 is 11.0 Å². The van der Waals surface area contributed by atoms with Crippen LogP contribution in [0.15, 0.2) is 170 Å². The molecule has 0 spiro atoms. The van der Waals surface area contributed by atoms with Crippen molar-refractivity contribution in [1.82, 2.24) is 19.5 Å². The summed E-state index contributed by atoms with van der Waals surface area (Å²) >= 11 is 0. The van der Waals surface area contributed by atoms with Crippen LogP contribution in [0, 0.1) is 0 Å². The van der Waals surface area contributed by atoms with Crippen LogP contribution in [0.5, 0.6) is 0 Å². The van der Waals surface area contributed by atoms with Crippen molar-refractivity contribution in [3.05, 3.63) is 175 Å². The molecule has 10 rings (SSSR count). The Labute approximate surface area is 301 Å². The number of hydrogen-bond acceptors (Lipinski definition) is 5. The Morgan fingerprint density at radius 1 is 0.558 bits per heavy atom. The normalized spacial score (nSPS) is 15.1. The molecule has 0 unspecified atom stereocenters. The summed E-state index contributed by atoms with van der Waals surface area (Å²) in [5.41, 5.74) is 19.2. The second kappa shape index (κ2) is 12.1. The smallest absolute Gasteiger partial charge is 0.314 e. The van der Waals surface area contributed by atoms with E-state index in [0.717, 1.165) is 60.9 Å². The Hall–Kier alpha value is -6.99. The molecule has 0 bridgehead atoms. The molecule has 0 radical (unpaired) electrons. The maximum Gasteiger partial charge on any atom is 0.314 e. The Morgan fingerprint density at radius 3 is 2.00 bits per heavy atom. The van der Waals surface area contributed by atoms with Gasteiger partial charge in [-0.05, 0) is 63.6 Å². The van der Waals surface area contributed by atoms with Gasteiger partial charge in [0.15, 0.2) is 11.6 Å². The highest BCUT2D eigenvalue weighted by atomic mass is 15.2. The minimum atomic E-state index is 0.0483. The van der Waals surface area contributed by atoms with Crippen molar-refractivity contribution in [3.63, 3.8) is 0 Å². The fraction of sp³-hybridized carbons (Fsp3) is 0. The summed E-state index contributed by atoms with van der Waals surface area (Å²) in [6.45, 7) is 0.0483. The van der Waals surface area contributed by atoms with Gasteiger partial charge in [-0.3, -0.25) is 4.57 Å². The molecule has 244 valence electrons. The molecule has 0 fully saturated rings. The van der Waals surface area contributed by atoms with Crippen LogP contribution >= 0.6 is 0 Å². The van der Waals surface area contributed by atoms with Gasteiger partial charge in [-0.1, -0.05) is 133 Å². The van der Waals surface area contributed by atoms with Crippen molar-refractivity contribution in [2.75, 3.05) is 5.23 Å². The maximum atomic E-state index is 6.11. The predicted molar refractivity (Wildman–Crippen MR) is 215 cm³/mol. The molecular formula is C45H31BN6. The molecule has 0 amide bonds. The van der Waals surface area contributed by atoms with Crippen LogP contribution in [0.3, 0.4) is 0 Å². The average Bonchev–Trinajstić information content (AvgIpc) is 3.54. The molecule has 0 saturated carbocycles. The van der Waals surface area contributed by atoms with E-state index < -0.39 is 0 Å². The van der Waals surface area contributed by atoms with Gasteiger partial charge in [0.1, 0.15) is 0 Å². The number of nitrogens with zero attached hydrogens (tertiary/aromatic N) is 4. The molecule has 2 aromatic heterocycles. The summed E-state index contributed by atoms with van der Waals surface area (Å²) in [6.07, 6.45) is 7.91. The number of nitrogens with two attached hydrogens (primary N) is 1. The van der Waals surface area contributed by atoms with E-state index in [2.05, 4.69) is 107 Å². The van der Waals surface area contributed by atoms with Gasteiger partial charge in [0.2, 0.25) is 5.95 Å². The SMILES string of the molecule is NC=C1/C=C\C=C/B2Nc3ccc(-c4ccc5c(c4)c4ccccc4n5-c4nc(-c5ccccc5)nc(-c5ccccc5)n4)cc3-c3cccc1c32. The van der Waals surface area contributed by atoms with Gasteiger partial charge in [0.25, 0.3) is 0 Å². The van der Waals surface area contributed by atoms with E-state index in [-0.39, 0.29) is 6.85 Å². The minimum absolute atomic E-state index is 0.0483. The zero-order chi connectivity index (χ0) is 34.6. The van der Waals surface area contributed by atoms with E-state index in [1.54, 1.807) is 6.20 Å². The van der Waals surface area contributed by atoms with Crippen molar-refractivity contribution in [2.24, 2.45) is 5.73 Å². The summed E-state index contributed by atoms with van der Waals surface area (Å²) in [5, 5.41) is 6.05. The number of anilines is 1. The number of fused-ring (bicyclic) bond motifs is 5. The summed E-state index contributed by atoms with van der Waals surface area (Å²) in [4.78, 5) is 15.1. The molecule has 7 heteroatoms. The van der Waals surface area contributed by atoms with E-state index >= 15 is 0 Å². The first-order valence-corrected chi connectivity index (χ1v) is 17.5. The number of para-hydroxylation sites is 1. The van der Waals surface area contributed by atoms with E-state index in [9.17, 15) is 0 Å². The molecule has 3 N–H and O–H groups in total. The third kappa shape index (κ3) is 4.86. The van der Waals surface area contributed by atoms with Crippen LogP contribution in [-0.2, 0) is 0 Å². The lowest BCUT2D eigenvalue weighted by Crippen LogP contribution is -2.43. The van der Waals surface area contributed by atoms with Gasteiger partial charge in [-0.2, -0.15) is 9.97 Å². The van der Waals surface area contributed by atoms with Crippen LogP contribution in [0.4, 0.5) is 5.69 Å². The summed E-state index contributed by atoms with van der Waals surface area (Å²) < 4.78 is 2.16. The number of hydrogen-bond donors (Lipinski definition) is 2. The highest BCUT2D eigenvalue weighted by molar-refractivity contribution is 6.83. The Morgan fingerprint density at radius 2 is 1.23 bits per heavy atom. The first-order chi connectivity index (χ1) is 25.7. The standard InChI is InChI=1S/C45H31BN6/c47-28-33-16-9-10-25-46-42-34(33)18-11-19-36(42)37-26-31(21-23-39(37)51-46)32-22-24-41-38(27-32)35-17-7-8-20-40(35)52(41)45-49-43(29-12-3-1-4-13-29)48-44(50-45)30-14-5-2-6-15-30/h1-28,51H,47H2/b16-9-,25-10-,33-28?. The molecule has 0 atom stereocenters. The monoisotopic (exact) mass is 666 g/mol. The first-order valence-electron chi connectivity index (χ1n) is 17.5. The molecule has 0 saturated heterocycles. The fourth-order valence-electron chi connectivity index (χ4n) is 7.68. The largest absolute Gasteiger partial charge is 0.420 e. The van der Waals surface area contributed by atoms with Crippen LogP contribution in [0.2, 0.25) is 0 Å². The Bertz CT molecular complexity index is 2720. The molecule has 4 heterocycles. The number of nitrogens with one attached hydrogen (secondary N) is 1. The second-order valence-corrected chi connectivity index (χ2v) is 13.1. The molecule has 8 aromatic rings. The number of benzene rings is 6. The minimum Gasteiger partial charge on any atom is -0.420 e. The van der Waals surface area contributed by atoms with E-state index in [4.69, 9.17) is 20.7 Å². The quantitative estimate of drug-likeness (QED) is 0.183. The molecule has 6 aromatic carbocycles. The van der Waals surface area contributed by atoms with E-state index in [1.165, 1.54) is 16.6 Å². The third-order valence-corrected chi connectivity index (χ3v) is 10.1. The Balaban J connectivity index is 1.14. The summed E-state index contributed by atoms with van der Waals surface area (Å²) in [7, 11) is 0. The highest BCUT2D eigenvalue weighted by Gasteiger charge is 2.30. The van der Waals surface area contributed by atoms with Gasteiger partial charge >= 0.3 is 6.85 Å². The van der Waals surface area contributed by atoms with Crippen molar-refractivity contribution in [1.29, 1.82) is 0 Å². The van der Waals surface area contributed by atoms with Gasteiger partial charge in [0.05, 0.1) is 11.0 Å². The molecular weight excluding hydrogens is 635 g/mol. The summed E-state index contributed by atoms with van der Waals surface area (Å²) in [5.74, 6) is 4.06. The average molecular weight is 667 g/mol. The lowest BCUT2D eigenvalue weighted by atomic mass is 9.50. The second-order valence-electron chi connectivity index (χ2n) is 13.1. The molecule has 0 aliphatic carbocycles. The van der Waals surface area contributed by atoms with Crippen LogP contribution in [0.25, 0.3) is 78.4 Å². The van der Waals surface area contributed by atoms with E-state index in [0.29, 0.717) is 17.6 Å². The van der Waals surface area contributed by atoms with Crippen molar-refractivity contribution in [2.45, 2.75) is 0 Å². The van der Waals surface area contributed by atoms with Crippen LogP contribution in [0.1, 0.15) is 5.56 Å². The topological polar surface area (TPSA) is 81.6 Å². The predicted octanol–water partition coefficient (Wildman–Crippen LogP) is 9.23. The third-order valence-electron chi connectivity index (χ3n) is 10.1. The summed E-state index contributed by atoms with van der Waals surface area (Å²) in [6, 6.07) is 48.6. The van der Waals surface area contributed by atoms with Crippen LogP contribution < -0.4 is 16.4 Å². The zero-order valence-electron chi connectivity index (χ0n) is 28.1. The lowest BCUT2D eigenvalue weighted by molar-refractivity contribution is 0.953. The highest BCUT2D eigenvalue weighted by Crippen LogP contribution is 2.39. The van der Waals surface area contributed by atoms with E-state index in [1.807, 2.05) is 66.7 Å². The number of aromatic nitrogens is 4. The van der Waals surface area contributed by atoms with Crippen LogP contribution in [-0.4, -0.2) is 26.4 Å². The van der Waals surface area contributed by atoms with Crippen molar-refractivity contribution >= 4 is 45.4 Å². The first kappa shape index (κ1) is 29.9. The number of rotatable bonds is 4. The molecule has 2 aliphatic rings. The van der Waals surface area contributed by atoms with Crippen molar-refractivity contribution < 1.29 is 0 Å². The number of allylic oxidation sites excluding steroid dienone is 4.